The van der Waals surface area contributed by atoms with E-state index in [4.69, 9.17) is 23.8 Å². The Morgan fingerprint density at radius 3 is 2.48 bits per heavy atom. The number of benzene rings is 2. The minimum Gasteiger partial charge on any atom is -0.867 e. The number of aromatic nitrogens is 1. The van der Waals surface area contributed by atoms with Gasteiger partial charge in [0.05, 0.1) is 4.92 Å². The molecule has 0 aliphatic heterocycles. The number of nitro groups is 1. The van der Waals surface area contributed by atoms with Crippen LogP contribution in [0.2, 0.25) is 5.02 Å². The van der Waals surface area contributed by atoms with Crippen molar-refractivity contribution in [3.8, 4) is 0 Å². The lowest BCUT2D eigenvalue weighted by Crippen LogP contribution is -2.39. The van der Waals surface area contributed by atoms with Crippen molar-refractivity contribution in [2.45, 2.75) is 6.92 Å². The first kappa shape index (κ1) is 20.4. The van der Waals surface area contributed by atoms with Crippen molar-refractivity contribution in [2.24, 2.45) is 0 Å². The number of nitrogens with zero attached hydrogens (tertiary/aromatic N) is 2. The Morgan fingerprint density at radius 1 is 1.10 bits per heavy atom. The Morgan fingerprint density at radius 2 is 1.79 bits per heavy atom. The summed E-state index contributed by atoms with van der Waals surface area (Å²) in [5.41, 5.74) is 1.62. The minimum atomic E-state index is -0.544. The number of thiocarbonyl (C=S) groups is 1. The van der Waals surface area contributed by atoms with Gasteiger partial charge < -0.3 is 10.4 Å². The average Bonchev–Trinajstić information content (AvgIpc) is 2.72. The predicted molar refractivity (Wildman–Crippen MR) is 115 cm³/mol. The van der Waals surface area contributed by atoms with E-state index >= 15 is 0 Å². The summed E-state index contributed by atoms with van der Waals surface area (Å²) in [6.45, 7) is 1.84. The number of nitro benzene ring substituents is 1. The van der Waals surface area contributed by atoms with E-state index in [2.05, 4.69) is 5.32 Å². The molecular weight excluding hydrogens is 410 g/mol. The second-order valence-corrected chi connectivity index (χ2v) is 6.95. The highest BCUT2D eigenvalue weighted by atomic mass is 35.5. The van der Waals surface area contributed by atoms with Crippen LogP contribution in [0.5, 0.6) is 0 Å². The van der Waals surface area contributed by atoms with E-state index in [1.54, 1.807) is 47.3 Å². The van der Waals surface area contributed by atoms with Gasteiger partial charge in [0.15, 0.2) is 17.4 Å². The van der Waals surface area contributed by atoms with Crippen LogP contribution in [0.25, 0.3) is 11.5 Å². The van der Waals surface area contributed by atoms with Crippen LogP contribution in [-0.2, 0) is 0 Å². The van der Waals surface area contributed by atoms with Gasteiger partial charge in [-0.25, -0.2) is 0 Å². The second kappa shape index (κ2) is 8.81. The van der Waals surface area contributed by atoms with Crippen molar-refractivity contribution in [1.29, 1.82) is 0 Å². The molecular formula is C21H16ClN3O3S. The first-order valence-corrected chi connectivity index (χ1v) is 9.36. The van der Waals surface area contributed by atoms with Gasteiger partial charge in [0, 0.05) is 35.0 Å². The van der Waals surface area contributed by atoms with Gasteiger partial charge in [-0.2, -0.15) is 4.57 Å². The Labute approximate surface area is 177 Å². The molecule has 0 amide bonds. The fourth-order valence-corrected chi connectivity index (χ4v) is 3.19. The third-order valence-electron chi connectivity index (χ3n) is 4.24. The summed E-state index contributed by atoms with van der Waals surface area (Å²) in [6.07, 6.45) is 3.37. The molecule has 0 aliphatic rings. The van der Waals surface area contributed by atoms with Crippen LogP contribution in [0.15, 0.2) is 73.1 Å². The van der Waals surface area contributed by atoms with Crippen LogP contribution >= 0.6 is 23.8 Å². The van der Waals surface area contributed by atoms with Crippen LogP contribution in [0.1, 0.15) is 11.1 Å². The molecule has 0 saturated heterocycles. The van der Waals surface area contributed by atoms with Crippen LogP contribution in [0.4, 0.5) is 11.4 Å². The minimum absolute atomic E-state index is 0.164. The predicted octanol–water partition coefficient (Wildman–Crippen LogP) is 3.97. The van der Waals surface area contributed by atoms with Crippen LogP contribution in [-0.4, -0.2) is 9.91 Å². The summed E-state index contributed by atoms with van der Waals surface area (Å²) in [4.78, 5) is 10.7. The van der Waals surface area contributed by atoms with Crippen molar-refractivity contribution >= 4 is 51.6 Å². The SMILES string of the molecule is Cc1c(Cl)cccc1NC(=S)/C(=C(\[O-])c1cccc([N+](=O)[O-])c1)[n+]1ccccc1. The molecule has 0 fully saturated rings. The van der Waals surface area contributed by atoms with Crippen molar-refractivity contribution in [3.63, 3.8) is 0 Å². The summed E-state index contributed by atoms with van der Waals surface area (Å²) in [5, 5.41) is 28.0. The van der Waals surface area contributed by atoms with E-state index in [0.717, 1.165) is 5.56 Å². The number of anilines is 1. The first-order chi connectivity index (χ1) is 13.9. The maximum absolute atomic E-state index is 13.3. The number of non-ortho nitro benzene ring substituents is 1. The Kier molecular flexibility index (Phi) is 6.21. The van der Waals surface area contributed by atoms with Gasteiger partial charge >= 0.3 is 0 Å². The van der Waals surface area contributed by atoms with E-state index in [-0.39, 0.29) is 21.9 Å². The van der Waals surface area contributed by atoms with Crippen molar-refractivity contribution in [1.82, 2.24) is 0 Å². The molecule has 0 bridgehead atoms. The van der Waals surface area contributed by atoms with E-state index in [0.29, 0.717) is 10.7 Å². The van der Waals surface area contributed by atoms with E-state index in [1.165, 1.54) is 24.3 Å². The Hall–Kier alpha value is -3.29. The number of nitrogens with one attached hydrogen (secondary N) is 1. The average molecular weight is 426 g/mol. The molecule has 0 atom stereocenters. The molecule has 1 heterocycles. The molecule has 6 nitrogen and oxygen atoms in total. The summed E-state index contributed by atoms with van der Waals surface area (Å²) in [5.74, 6) is -0.443. The largest absolute Gasteiger partial charge is 0.867 e. The summed E-state index contributed by atoms with van der Waals surface area (Å²) < 4.78 is 1.58. The number of rotatable bonds is 5. The highest BCUT2D eigenvalue weighted by Crippen LogP contribution is 2.25. The fraction of sp³-hybridized carbons (Fsp3) is 0.0476. The number of pyridine rings is 1. The maximum atomic E-state index is 13.3. The van der Waals surface area contributed by atoms with Crippen molar-refractivity contribution in [2.75, 3.05) is 5.32 Å². The van der Waals surface area contributed by atoms with Crippen LogP contribution < -0.4 is 15.0 Å². The molecule has 3 rings (SSSR count). The molecule has 1 aromatic heterocycles. The highest BCUT2D eigenvalue weighted by molar-refractivity contribution is 7.81. The van der Waals surface area contributed by atoms with Gasteiger partial charge in [0.1, 0.15) is 0 Å². The van der Waals surface area contributed by atoms with E-state index < -0.39 is 10.7 Å². The van der Waals surface area contributed by atoms with Gasteiger partial charge in [-0.15, -0.1) is 0 Å². The highest BCUT2D eigenvalue weighted by Gasteiger charge is 2.20. The molecule has 2 aromatic carbocycles. The Balaban J connectivity index is 2.11. The van der Waals surface area contributed by atoms with Gasteiger partial charge in [0.2, 0.25) is 5.70 Å². The summed E-state index contributed by atoms with van der Waals surface area (Å²) in [7, 11) is 0. The standard InChI is InChI=1S/C21H16ClN3O3S/c1-14-17(22)9-6-10-18(14)23-21(29)19(24-11-3-2-4-12-24)20(26)15-7-5-8-16(13-15)25(27)28/h2-13H,1H3,(H-,23,26,29). The normalized spacial score (nSPS) is 11.5. The molecule has 0 aliphatic carbocycles. The van der Waals surface area contributed by atoms with Crippen molar-refractivity contribution in [3.05, 3.63) is 99.3 Å². The lowest BCUT2D eigenvalue weighted by Gasteiger charge is -2.17. The maximum Gasteiger partial charge on any atom is 0.270 e. The molecule has 0 radical (unpaired) electrons. The third kappa shape index (κ3) is 4.59. The zero-order valence-corrected chi connectivity index (χ0v) is 16.9. The van der Waals surface area contributed by atoms with Gasteiger partial charge in [-0.1, -0.05) is 48.1 Å². The molecule has 146 valence electrons. The quantitative estimate of drug-likeness (QED) is 0.167. The first-order valence-electron chi connectivity index (χ1n) is 8.57. The molecule has 0 unspecified atom stereocenters. The van der Waals surface area contributed by atoms with Gasteiger partial charge in [-0.05, 0) is 35.9 Å². The molecule has 8 heteroatoms. The second-order valence-electron chi connectivity index (χ2n) is 6.13. The lowest BCUT2D eigenvalue weighted by molar-refractivity contribution is -0.577. The zero-order valence-electron chi connectivity index (χ0n) is 15.3. The van der Waals surface area contributed by atoms with Crippen LogP contribution in [0, 0.1) is 17.0 Å². The van der Waals surface area contributed by atoms with Crippen LogP contribution in [0.3, 0.4) is 0 Å². The number of hydrogen-bond donors (Lipinski definition) is 1. The molecule has 1 N–H and O–H groups in total. The summed E-state index contributed by atoms with van der Waals surface area (Å²) in [6, 6.07) is 16.2. The molecule has 3 aromatic rings. The number of hydrogen-bond acceptors (Lipinski definition) is 4. The lowest BCUT2D eigenvalue weighted by atomic mass is 10.1. The Bertz CT molecular complexity index is 1120. The zero-order chi connectivity index (χ0) is 21.0. The van der Waals surface area contributed by atoms with Crippen molar-refractivity contribution < 1.29 is 14.6 Å². The summed E-state index contributed by atoms with van der Waals surface area (Å²) >= 11 is 11.7. The van der Waals surface area contributed by atoms with E-state index in [9.17, 15) is 15.2 Å². The molecule has 0 spiro atoms. The molecule has 29 heavy (non-hydrogen) atoms. The monoisotopic (exact) mass is 425 g/mol. The fourth-order valence-electron chi connectivity index (χ4n) is 2.71. The van der Waals surface area contributed by atoms with E-state index in [1.807, 2.05) is 13.0 Å². The topological polar surface area (TPSA) is 82.1 Å². The van der Waals surface area contributed by atoms with Gasteiger partial charge in [0.25, 0.3) is 5.69 Å². The third-order valence-corrected chi connectivity index (χ3v) is 4.94. The smallest absolute Gasteiger partial charge is 0.270 e. The molecule has 0 saturated carbocycles. The number of halogens is 1. The van der Waals surface area contributed by atoms with Gasteiger partial charge in [-0.3, -0.25) is 10.1 Å².